The number of nitrogens with two attached hydrogens (primary N) is 1. The number of likely N-dealkylation sites (tertiary alicyclic amines) is 1. The van der Waals surface area contributed by atoms with Crippen molar-refractivity contribution < 1.29 is 9.59 Å². The van der Waals surface area contributed by atoms with Crippen LogP contribution in [0.5, 0.6) is 0 Å². The number of rotatable bonds is 4. The molecule has 1 saturated carbocycles. The van der Waals surface area contributed by atoms with Crippen LogP contribution < -0.4 is 11.1 Å². The number of hydrogen-bond acceptors (Lipinski definition) is 3. The topological polar surface area (TPSA) is 75.4 Å². The van der Waals surface area contributed by atoms with Gasteiger partial charge < -0.3 is 16.0 Å². The van der Waals surface area contributed by atoms with Crippen molar-refractivity contribution in [1.29, 1.82) is 0 Å². The van der Waals surface area contributed by atoms with E-state index in [1.165, 1.54) is 0 Å². The van der Waals surface area contributed by atoms with Crippen molar-refractivity contribution in [2.75, 3.05) is 13.1 Å². The number of piperidine rings is 1. The quantitative estimate of drug-likeness (QED) is 0.857. The molecule has 1 unspecified atom stereocenters. The van der Waals surface area contributed by atoms with Crippen LogP contribution in [0.25, 0.3) is 10.8 Å². The summed E-state index contributed by atoms with van der Waals surface area (Å²) in [4.78, 5) is 27.3. The van der Waals surface area contributed by atoms with E-state index in [0.717, 1.165) is 49.4 Å². The Hall–Kier alpha value is -2.40. The first-order valence-corrected chi connectivity index (χ1v) is 10.4. The second-order valence-corrected chi connectivity index (χ2v) is 8.27. The maximum atomic E-state index is 12.7. The lowest BCUT2D eigenvalue weighted by Gasteiger charge is -2.34. The summed E-state index contributed by atoms with van der Waals surface area (Å²) in [5, 5.41) is 5.31. The molecule has 3 N–H and O–H groups in total. The van der Waals surface area contributed by atoms with E-state index in [-0.39, 0.29) is 23.9 Å². The van der Waals surface area contributed by atoms with Crippen LogP contribution in [0.3, 0.4) is 0 Å². The minimum Gasteiger partial charge on any atom is -0.348 e. The number of benzene rings is 2. The number of amides is 2. The molecule has 28 heavy (non-hydrogen) atoms. The van der Waals surface area contributed by atoms with Gasteiger partial charge in [0.15, 0.2) is 0 Å². The number of carbonyl (C=O) groups is 2. The zero-order chi connectivity index (χ0) is 19.5. The van der Waals surface area contributed by atoms with Crippen molar-refractivity contribution in [2.45, 2.75) is 50.6 Å². The Balaban J connectivity index is 1.36. The molecule has 148 valence electrons. The first-order valence-electron chi connectivity index (χ1n) is 10.4. The van der Waals surface area contributed by atoms with Crippen molar-refractivity contribution in [3.05, 3.63) is 48.0 Å². The van der Waals surface area contributed by atoms with Gasteiger partial charge in [0.1, 0.15) is 0 Å². The monoisotopic (exact) mass is 379 g/mol. The van der Waals surface area contributed by atoms with Gasteiger partial charge in [0, 0.05) is 37.2 Å². The second-order valence-electron chi connectivity index (χ2n) is 8.27. The highest BCUT2D eigenvalue weighted by Crippen LogP contribution is 2.28. The zero-order valence-corrected chi connectivity index (χ0v) is 16.3. The number of nitrogens with zero attached hydrogens (tertiary/aromatic N) is 1. The number of hydrogen-bond donors (Lipinski definition) is 2. The lowest BCUT2D eigenvalue weighted by atomic mass is 9.98. The van der Waals surface area contributed by atoms with Crippen molar-refractivity contribution in [2.24, 2.45) is 11.7 Å². The number of carbonyl (C=O) groups excluding carboxylic acids is 2. The van der Waals surface area contributed by atoms with E-state index < -0.39 is 0 Å². The van der Waals surface area contributed by atoms with Crippen LogP contribution in [-0.4, -0.2) is 41.9 Å². The highest BCUT2D eigenvalue weighted by atomic mass is 16.2. The van der Waals surface area contributed by atoms with Gasteiger partial charge in [-0.15, -0.1) is 0 Å². The maximum Gasteiger partial charge on any atom is 0.251 e. The molecule has 2 aromatic rings. The molecular weight excluding hydrogens is 350 g/mol. The van der Waals surface area contributed by atoms with Crippen LogP contribution in [0, 0.1) is 5.92 Å². The van der Waals surface area contributed by atoms with E-state index in [1.54, 1.807) is 0 Å². The predicted octanol–water partition coefficient (Wildman–Crippen LogP) is 3.08. The largest absolute Gasteiger partial charge is 0.348 e. The lowest BCUT2D eigenvalue weighted by molar-refractivity contribution is -0.133. The molecule has 1 saturated heterocycles. The third-order valence-corrected chi connectivity index (χ3v) is 6.28. The van der Waals surface area contributed by atoms with E-state index >= 15 is 0 Å². The van der Waals surface area contributed by atoms with Gasteiger partial charge in [0.2, 0.25) is 5.91 Å². The van der Waals surface area contributed by atoms with E-state index in [0.29, 0.717) is 24.4 Å². The fourth-order valence-electron chi connectivity index (χ4n) is 4.59. The fourth-order valence-corrected chi connectivity index (χ4v) is 4.59. The lowest BCUT2D eigenvalue weighted by Crippen LogP contribution is -2.50. The molecule has 2 aliphatic rings. The molecule has 2 aromatic carbocycles. The Kier molecular flexibility index (Phi) is 5.62. The average Bonchev–Trinajstić information content (AvgIpc) is 3.12. The van der Waals surface area contributed by atoms with Gasteiger partial charge in [-0.1, -0.05) is 36.8 Å². The Morgan fingerprint density at radius 1 is 1.04 bits per heavy atom. The molecule has 2 fully saturated rings. The molecule has 1 aliphatic heterocycles. The molecule has 0 radical (unpaired) electrons. The molecule has 3 atom stereocenters. The molecule has 1 aliphatic carbocycles. The predicted molar refractivity (Wildman–Crippen MR) is 111 cm³/mol. The van der Waals surface area contributed by atoms with E-state index in [1.807, 2.05) is 47.4 Å². The summed E-state index contributed by atoms with van der Waals surface area (Å²) >= 11 is 0. The number of fused-ring (bicyclic) bond motifs is 1. The SMILES string of the molecule is N[C@@H]1CCC[C@H]1CC(=O)N1CCCC(NC(=O)c2ccc3ccccc3c2)C1. The average molecular weight is 380 g/mol. The molecule has 2 amide bonds. The van der Waals surface area contributed by atoms with Crippen LogP contribution in [0.4, 0.5) is 0 Å². The summed E-state index contributed by atoms with van der Waals surface area (Å²) in [6, 6.07) is 14.0. The smallest absolute Gasteiger partial charge is 0.251 e. The molecule has 4 rings (SSSR count). The molecule has 5 heteroatoms. The summed E-state index contributed by atoms with van der Waals surface area (Å²) in [5.41, 5.74) is 6.79. The Morgan fingerprint density at radius 3 is 2.64 bits per heavy atom. The van der Waals surface area contributed by atoms with Gasteiger partial charge >= 0.3 is 0 Å². The minimum atomic E-state index is -0.0668. The summed E-state index contributed by atoms with van der Waals surface area (Å²) in [6.45, 7) is 1.38. The molecule has 0 aromatic heterocycles. The van der Waals surface area contributed by atoms with Crippen LogP contribution >= 0.6 is 0 Å². The molecule has 0 bridgehead atoms. The Morgan fingerprint density at radius 2 is 1.86 bits per heavy atom. The van der Waals surface area contributed by atoms with Gasteiger partial charge in [-0.05, 0) is 54.5 Å². The van der Waals surface area contributed by atoms with Crippen molar-refractivity contribution in [3.8, 4) is 0 Å². The second kappa shape index (κ2) is 8.31. The van der Waals surface area contributed by atoms with E-state index in [2.05, 4.69) is 5.32 Å². The Bertz CT molecular complexity index is 866. The normalized spacial score (nSPS) is 25.0. The van der Waals surface area contributed by atoms with Crippen molar-refractivity contribution in [3.63, 3.8) is 0 Å². The highest BCUT2D eigenvalue weighted by Gasteiger charge is 2.30. The molecule has 5 nitrogen and oxygen atoms in total. The minimum absolute atomic E-state index is 0.00826. The summed E-state index contributed by atoms with van der Waals surface area (Å²) in [6.07, 6.45) is 5.60. The van der Waals surface area contributed by atoms with Crippen LogP contribution in [0.1, 0.15) is 48.9 Å². The highest BCUT2D eigenvalue weighted by molar-refractivity contribution is 5.98. The third kappa shape index (κ3) is 4.20. The molecule has 0 spiro atoms. The summed E-state index contributed by atoms with van der Waals surface area (Å²) < 4.78 is 0. The first kappa shape index (κ1) is 18.9. The first-order chi connectivity index (χ1) is 13.6. The van der Waals surface area contributed by atoms with E-state index in [9.17, 15) is 9.59 Å². The Labute approximate surface area is 166 Å². The fraction of sp³-hybridized carbons (Fsp3) is 0.478. The maximum absolute atomic E-state index is 12.7. The molecular formula is C23H29N3O2. The van der Waals surface area contributed by atoms with Gasteiger partial charge in [-0.25, -0.2) is 0 Å². The number of nitrogens with one attached hydrogen (secondary N) is 1. The van der Waals surface area contributed by atoms with Gasteiger partial charge in [-0.2, -0.15) is 0 Å². The van der Waals surface area contributed by atoms with E-state index in [4.69, 9.17) is 5.73 Å². The summed E-state index contributed by atoms with van der Waals surface area (Å²) in [7, 11) is 0. The van der Waals surface area contributed by atoms with Crippen LogP contribution in [-0.2, 0) is 4.79 Å². The van der Waals surface area contributed by atoms with Crippen LogP contribution in [0.2, 0.25) is 0 Å². The third-order valence-electron chi connectivity index (χ3n) is 6.28. The molecule has 1 heterocycles. The summed E-state index contributed by atoms with van der Waals surface area (Å²) in [5.74, 6) is 0.440. The van der Waals surface area contributed by atoms with Gasteiger partial charge in [0.05, 0.1) is 0 Å². The van der Waals surface area contributed by atoms with Crippen molar-refractivity contribution in [1.82, 2.24) is 10.2 Å². The zero-order valence-electron chi connectivity index (χ0n) is 16.3. The van der Waals surface area contributed by atoms with Crippen molar-refractivity contribution >= 4 is 22.6 Å². The standard InChI is InChI=1S/C23H29N3O2/c24-21-9-3-7-18(21)14-22(27)26-12-4-8-20(15-26)25-23(28)19-11-10-16-5-1-2-6-17(16)13-19/h1-2,5-6,10-11,13,18,20-21H,3-4,7-9,12,14-15,24H2,(H,25,28)/t18-,20?,21+/m0/s1. The van der Waals surface area contributed by atoms with Crippen LogP contribution in [0.15, 0.2) is 42.5 Å². The van der Waals surface area contributed by atoms with Gasteiger partial charge in [0.25, 0.3) is 5.91 Å². The van der Waals surface area contributed by atoms with Gasteiger partial charge in [-0.3, -0.25) is 9.59 Å².